The number of fused-ring (bicyclic) bond motifs is 1. The van der Waals surface area contributed by atoms with Gasteiger partial charge < -0.3 is 4.90 Å². The third kappa shape index (κ3) is 3.22. The molecule has 0 bridgehead atoms. The zero-order valence-corrected chi connectivity index (χ0v) is 17.9. The summed E-state index contributed by atoms with van der Waals surface area (Å²) in [6.45, 7) is 4.09. The van der Waals surface area contributed by atoms with Crippen molar-refractivity contribution in [2.75, 3.05) is 47.3 Å². The molecule has 4 rings (SSSR count). The first-order valence-electron chi connectivity index (χ1n) is 9.32. The highest BCUT2D eigenvalue weighted by atomic mass is 79.9. The second-order valence-electron chi connectivity index (χ2n) is 7.46. The number of aliphatic imine (C=N–C) groups is 1. The number of guanidine groups is 1. The number of imide groups is 1. The highest BCUT2D eigenvalue weighted by Gasteiger charge is 2.55. The van der Waals surface area contributed by atoms with E-state index in [4.69, 9.17) is 4.99 Å². The summed E-state index contributed by atoms with van der Waals surface area (Å²) in [5.74, 6) is 1.05. The summed E-state index contributed by atoms with van der Waals surface area (Å²) in [6.07, 6.45) is 0. The first kappa shape index (κ1) is 19.1. The first-order valence-corrected chi connectivity index (χ1v) is 10.1. The number of amidine groups is 1. The Morgan fingerprint density at radius 1 is 1.14 bits per heavy atom. The minimum atomic E-state index is -0.582. The monoisotopic (exact) mass is 447 g/mol. The lowest BCUT2D eigenvalue weighted by Gasteiger charge is -2.33. The summed E-state index contributed by atoms with van der Waals surface area (Å²) >= 11 is 3.52. The van der Waals surface area contributed by atoms with Gasteiger partial charge in [0.2, 0.25) is 11.9 Å². The number of halogens is 1. The summed E-state index contributed by atoms with van der Waals surface area (Å²) in [4.78, 5) is 37.2. The van der Waals surface area contributed by atoms with Crippen LogP contribution in [0.4, 0.5) is 4.79 Å². The number of amides is 3. The van der Waals surface area contributed by atoms with Crippen molar-refractivity contribution in [3.8, 4) is 0 Å². The maximum absolute atomic E-state index is 13.0. The number of likely N-dealkylation sites (N-methyl/N-ethyl adjacent to an activating group) is 3. The lowest BCUT2D eigenvalue weighted by molar-refractivity contribution is -0.544. The Labute approximate surface area is 172 Å². The minimum absolute atomic E-state index is 0.235. The van der Waals surface area contributed by atoms with Crippen molar-refractivity contribution < 1.29 is 14.2 Å². The molecular formula is C19H24BrN6O2+. The smallest absolute Gasteiger partial charge is 0.300 e. The van der Waals surface area contributed by atoms with Gasteiger partial charge in [-0.2, -0.15) is 0 Å². The Morgan fingerprint density at radius 3 is 2.54 bits per heavy atom. The number of carbonyl (C=O) groups excluding carboxylic acids is 2. The van der Waals surface area contributed by atoms with Crippen molar-refractivity contribution in [3.05, 3.63) is 34.3 Å². The maximum atomic E-state index is 13.0. The van der Waals surface area contributed by atoms with E-state index >= 15 is 0 Å². The fourth-order valence-electron chi connectivity index (χ4n) is 3.84. The van der Waals surface area contributed by atoms with E-state index in [1.807, 2.05) is 29.2 Å². The largest absolute Gasteiger partial charge is 0.392 e. The number of benzene rings is 1. The van der Waals surface area contributed by atoms with Crippen LogP contribution in [0.1, 0.15) is 5.56 Å². The molecular weight excluding hydrogens is 424 g/mol. The van der Waals surface area contributed by atoms with E-state index in [0.29, 0.717) is 12.4 Å². The molecule has 0 spiro atoms. The van der Waals surface area contributed by atoms with E-state index in [2.05, 4.69) is 32.5 Å². The molecule has 0 radical (unpaired) electrons. The molecule has 9 heteroatoms. The highest BCUT2D eigenvalue weighted by molar-refractivity contribution is 9.10. The van der Waals surface area contributed by atoms with Crippen LogP contribution in [-0.4, -0.2) is 101 Å². The van der Waals surface area contributed by atoms with E-state index in [9.17, 15) is 9.59 Å². The van der Waals surface area contributed by atoms with Crippen molar-refractivity contribution in [2.24, 2.45) is 4.99 Å². The predicted molar refractivity (Wildman–Crippen MR) is 109 cm³/mol. The van der Waals surface area contributed by atoms with Crippen LogP contribution in [0.15, 0.2) is 33.7 Å². The molecule has 8 nitrogen and oxygen atoms in total. The molecule has 1 atom stereocenters. The van der Waals surface area contributed by atoms with Gasteiger partial charge in [-0.15, -0.1) is 0 Å². The molecule has 1 unspecified atom stereocenters. The average Bonchev–Trinajstić information content (AvgIpc) is 3.04. The van der Waals surface area contributed by atoms with Crippen molar-refractivity contribution >= 4 is 39.7 Å². The third-order valence-electron chi connectivity index (χ3n) is 5.54. The van der Waals surface area contributed by atoms with Gasteiger partial charge in [0.25, 0.3) is 5.91 Å². The molecule has 0 aromatic heterocycles. The number of hydrogen-bond donors (Lipinski definition) is 0. The molecule has 3 heterocycles. The summed E-state index contributed by atoms with van der Waals surface area (Å²) < 4.78 is 3.21. The summed E-state index contributed by atoms with van der Waals surface area (Å²) in [7, 11) is 5.32. The minimum Gasteiger partial charge on any atom is -0.300 e. The molecule has 1 aromatic carbocycles. The zero-order valence-electron chi connectivity index (χ0n) is 16.3. The van der Waals surface area contributed by atoms with Gasteiger partial charge >= 0.3 is 12.0 Å². The van der Waals surface area contributed by atoms with E-state index < -0.39 is 6.04 Å². The maximum Gasteiger partial charge on any atom is 0.392 e. The number of nitrogens with zero attached hydrogens (tertiary/aromatic N) is 6. The zero-order chi connectivity index (χ0) is 20.0. The van der Waals surface area contributed by atoms with E-state index in [1.165, 1.54) is 16.8 Å². The number of piperazine rings is 1. The van der Waals surface area contributed by atoms with Crippen LogP contribution in [0.25, 0.3) is 0 Å². The van der Waals surface area contributed by atoms with Crippen molar-refractivity contribution in [1.82, 2.24) is 19.6 Å². The van der Waals surface area contributed by atoms with E-state index in [1.54, 1.807) is 7.05 Å². The van der Waals surface area contributed by atoms with Gasteiger partial charge in [0.15, 0.2) is 0 Å². The Bertz CT molecular complexity index is 888. The predicted octanol–water partition coefficient (Wildman–Crippen LogP) is 0.870. The van der Waals surface area contributed by atoms with E-state index in [-0.39, 0.29) is 11.9 Å². The number of rotatable bonds is 2. The van der Waals surface area contributed by atoms with Gasteiger partial charge in [-0.1, -0.05) is 33.1 Å². The lowest BCUT2D eigenvalue weighted by Crippen LogP contribution is -2.62. The molecule has 28 heavy (non-hydrogen) atoms. The van der Waals surface area contributed by atoms with Gasteiger partial charge in [-0.3, -0.25) is 19.2 Å². The van der Waals surface area contributed by atoms with Crippen LogP contribution in [0, 0.1) is 0 Å². The number of carbonyl (C=O) groups is 2. The molecule has 0 saturated carbocycles. The van der Waals surface area contributed by atoms with Gasteiger partial charge in [-0.25, -0.2) is 9.69 Å². The summed E-state index contributed by atoms with van der Waals surface area (Å²) in [6, 6.07) is 7.12. The van der Waals surface area contributed by atoms with Crippen LogP contribution in [0.2, 0.25) is 0 Å². The Morgan fingerprint density at radius 2 is 1.86 bits per heavy atom. The van der Waals surface area contributed by atoms with Crippen LogP contribution in [0.5, 0.6) is 0 Å². The molecule has 0 aliphatic carbocycles. The normalized spacial score (nSPS) is 23.5. The van der Waals surface area contributed by atoms with Crippen LogP contribution in [0.3, 0.4) is 0 Å². The van der Waals surface area contributed by atoms with Gasteiger partial charge in [-0.05, 0) is 24.7 Å². The second kappa shape index (κ2) is 7.29. The molecule has 2 saturated heterocycles. The topological polar surface area (TPSA) is 62.5 Å². The number of urea groups is 1. The lowest BCUT2D eigenvalue weighted by atomic mass is 10.1. The van der Waals surface area contributed by atoms with E-state index in [0.717, 1.165) is 42.2 Å². The van der Waals surface area contributed by atoms with Gasteiger partial charge in [0.05, 0.1) is 19.6 Å². The van der Waals surface area contributed by atoms with Gasteiger partial charge in [0.1, 0.15) is 0 Å². The standard InChI is InChI=1S/C19H24BrN6O2/c1-22-7-9-25(10-8-22)18-21-16-15(17(27)24(3)19(28)23(16)2)26(18)12-13-5-4-6-14(20)11-13/h4-6,11,15H,7-10,12H2,1-3H3/q+1. The van der Waals surface area contributed by atoms with Crippen LogP contribution in [-0.2, 0) is 11.3 Å². The van der Waals surface area contributed by atoms with Crippen molar-refractivity contribution in [1.29, 1.82) is 0 Å². The molecule has 2 fully saturated rings. The third-order valence-corrected chi connectivity index (χ3v) is 6.03. The average molecular weight is 448 g/mol. The summed E-state index contributed by atoms with van der Waals surface area (Å²) in [5.41, 5.74) is 1.08. The Hall–Kier alpha value is -2.26. The first-order chi connectivity index (χ1) is 13.4. The molecule has 1 aromatic rings. The quantitative estimate of drug-likeness (QED) is 0.631. The van der Waals surface area contributed by atoms with Crippen molar-refractivity contribution in [2.45, 2.75) is 12.6 Å². The van der Waals surface area contributed by atoms with Crippen molar-refractivity contribution in [3.63, 3.8) is 0 Å². The Balaban J connectivity index is 1.76. The molecule has 0 N–H and O–H groups in total. The highest BCUT2D eigenvalue weighted by Crippen LogP contribution is 2.25. The molecule has 3 aliphatic rings. The summed E-state index contributed by atoms with van der Waals surface area (Å²) in [5, 5.41) is 0. The Kier molecular flexibility index (Phi) is 4.96. The number of hydrogen-bond acceptors (Lipinski definition) is 3. The molecule has 148 valence electrons. The second-order valence-corrected chi connectivity index (χ2v) is 8.38. The fourth-order valence-corrected chi connectivity index (χ4v) is 4.29. The SMILES string of the molecule is CN1CC[N+](=C2N=C3C(C(=O)N(C)C(=O)N3C)N2Cc2cccc(Br)c2)CC1. The molecule has 3 amide bonds. The molecule has 3 aliphatic heterocycles. The van der Waals surface area contributed by atoms with Crippen LogP contribution < -0.4 is 0 Å². The van der Waals surface area contributed by atoms with Crippen LogP contribution >= 0.6 is 15.9 Å². The van der Waals surface area contributed by atoms with Gasteiger partial charge in [0, 0.05) is 31.7 Å². The fraction of sp³-hybridized carbons (Fsp3) is 0.474.